The first kappa shape index (κ1) is 22.4. The van der Waals surface area contributed by atoms with Gasteiger partial charge in [-0.05, 0) is 28.7 Å². The van der Waals surface area contributed by atoms with E-state index in [1.165, 1.54) is 25.3 Å². The molecule has 3 heteroatoms. The Hall–Kier alpha value is -1.94. The van der Waals surface area contributed by atoms with Crippen LogP contribution >= 0.6 is 0 Å². The highest BCUT2D eigenvalue weighted by molar-refractivity contribution is 5.64. The largest absolute Gasteiger partial charge is 0.390 e. The fraction of sp³-hybridized carbons (Fsp3) is 0.440. The molecule has 2 aromatic rings. The first-order chi connectivity index (χ1) is 13.5. The third-order valence-corrected chi connectivity index (χ3v) is 5.26. The highest BCUT2D eigenvalue weighted by Crippen LogP contribution is 2.23. The molecule has 0 spiro atoms. The van der Waals surface area contributed by atoms with Gasteiger partial charge in [0.2, 0.25) is 0 Å². The van der Waals surface area contributed by atoms with Crippen LogP contribution in [0.5, 0.6) is 0 Å². The summed E-state index contributed by atoms with van der Waals surface area (Å²) >= 11 is 0. The highest BCUT2D eigenvalue weighted by atomic mass is 16.3. The second-order valence-corrected chi connectivity index (χ2v) is 7.54. The van der Waals surface area contributed by atoms with Gasteiger partial charge < -0.3 is 15.3 Å². The Morgan fingerprint density at radius 2 is 1.36 bits per heavy atom. The number of aliphatic hydroxyl groups excluding tert-OH is 3. The maximum atomic E-state index is 10.3. The van der Waals surface area contributed by atoms with Crippen molar-refractivity contribution >= 4 is 0 Å². The Bertz CT molecular complexity index is 691. The molecule has 0 unspecified atom stereocenters. The number of hydrogen-bond acceptors (Lipinski definition) is 3. The SMILES string of the molecule is C=C[C@H](O)c1ccc(-c2ccc(C[C@@H](O)[C@H](O)CCCCCCC)cc2)cc1. The van der Waals surface area contributed by atoms with Crippen molar-refractivity contribution in [2.75, 3.05) is 0 Å². The Morgan fingerprint density at radius 3 is 1.93 bits per heavy atom. The van der Waals surface area contributed by atoms with E-state index >= 15 is 0 Å². The van der Waals surface area contributed by atoms with E-state index in [1.807, 2.05) is 48.5 Å². The lowest BCUT2D eigenvalue weighted by Gasteiger charge is -2.18. The van der Waals surface area contributed by atoms with Gasteiger partial charge >= 0.3 is 0 Å². The van der Waals surface area contributed by atoms with Gasteiger partial charge in [0.15, 0.2) is 0 Å². The van der Waals surface area contributed by atoms with Gasteiger partial charge in [0.05, 0.1) is 18.3 Å². The summed E-state index contributed by atoms with van der Waals surface area (Å²) in [5.74, 6) is 0. The first-order valence-electron chi connectivity index (χ1n) is 10.4. The van der Waals surface area contributed by atoms with E-state index in [2.05, 4.69) is 13.5 Å². The average Bonchev–Trinajstić information content (AvgIpc) is 2.73. The molecule has 0 heterocycles. The third-order valence-electron chi connectivity index (χ3n) is 5.26. The van der Waals surface area contributed by atoms with Crippen molar-refractivity contribution in [3.05, 3.63) is 72.3 Å². The molecule has 0 radical (unpaired) electrons. The molecule has 0 saturated carbocycles. The Morgan fingerprint density at radius 1 is 0.786 bits per heavy atom. The highest BCUT2D eigenvalue weighted by Gasteiger charge is 2.16. The van der Waals surface area contributed by atoms with E-state index in [-0.39, 0.29) is 0 Å². The number of unbranched alkanes of at least 4 members (excludes halogenated alkanes) is 4. The number of rotatable bonds is 12. The van der Waals surface area contributed by atoms with Crippen LogP contribution in [0.4, 0.5) is 0 Å². The lowest BCUT2D eigenvalue weighted by Crippen LogP contribution is -2.27. The summed E-state index contributed by atoms with van der Waals surface area (Å²) in [6.45, 7) is 5.79. The van der Waals surface area contributed by atoms with Gasteiger partial charge in [-0.3, -0.25) is 0 Å². The minimum Gasteiger partial charge on any atom is -0.390 e. The molecule has 3 nitrogen and oxygen atoms in total. The summed E-state index contributed by atoms with van der Waals surface area (Å²) in [6.07, 6.45) is 6.33. The van der Waals surface area contributed by atoms with E-state index < -0.39 is 18.3 Å². The van der Waals surface area contributed by atoms with Gasteiger partial charge in [0.25, 0.3) is 0 Å². The average molecular weight is 383 g/mol. The molecular weight excluding hydrogens is 348 g/mol. The zero-order valence-corrected chi connectivity index (χ0v) is 16.9. The lowest BCUT2D eigenvalue weighted by atomic mass is 9.97. The molecule has 0 aliphatic rings. The molecular formula is C25H34O3. The Balaban J connectivity index is 1.87. The fourth-order valence-corrected chi connectivity index (χ4v) is 3.37. The molecule has 3 atom stereocenters. The van der Waals surface area contributed by atoms with Crippen LogP contribution in [-0.2, 0) is 6.42 Å². The molecule has 2 aromatic carbocycles. The Kier molecular flexibility index (Phi) is 9.42. The second kappa shape index (κ2) is 11.8. The molecule has 152 valence electrons. The van der Waals surface area contributed by atoms with Crippen molar-refractivity contribution in [1.82, 2.24) is 0 Å². The second-order valence-electron chi connectivity index (χ2n) is 7.54. The molecule has 3 N–H and O–H groups in total. The van der Waals surface area contributed by atoms with Crippen molar-refractivity contribution in [3.63, 3.8) is 0 Å². The predicted octanol–water partition coefficient (Wildman–Crippen LogP) is 5.20. The lowest BCUT2D eigenvalue weighted by molar-refractivity contribution is 0.0137. The van der Waals surface area contributed by atoms with Crippen molar-refractivity contribution < 1.29 is 15.3 Å². The summed E-state index contributed by atoms with van der Waals surface area (Å²) in [6, 6.07) is 15.8. The molecule has 0 aliphatic carbocycles. The van der Waals surface area contributed by atoms with E-state index in [4.69, 9.17) is 0 Å². The van der Waals surface area contributed by atoms with Crippen LogP contribution in [0.2, 0.25) is 0 Å². The van der Waals surface area contributed by atoms with Gasteiger partial charge in [0.1, 0.15) is 0 Å². The number of benzene rings is 2. The minimum absolute atomic E-state index is 0.459. The quantitative estimate of drug-likeness (QED) is 0.349. The van der Waals surface area contributed by atoms with E-state index in [1.54, 1.807) is 0 Å². The molecule has 28 heavy (non-hydrogen) atoms. The molecule has 2 rings (SSSR count). The summed E-state index contributed by atoms with van der Waals surface area (Å²) in [5, 5.41) is 30.3. The number of aliphatic hydroxyl groups is 3. The van der Waals surface area contributed by atoms with E-state index in [0.717, 1.165) is 35.1 Å². The predicted molar refractivity (Wildman–Crippen MR) is 116 cm³/mol. The molecule has 0 aromatic heterocycles. The summed E-state index contributed by atoms with van der Waals surface area (Å²) in [7, 11) is 0. The van der Waals surface area contributed by atoms with Gasteiger partial charge in [0, 0.05) is 6.42 Å². The molecule has 0 bridgehead atoms. The van der Waals surface area contributed by atoms with E-state index in [9.17, 15) is 15.3 Å². The number of hydrogen-bond donors (Lipinski definition) is 3. The summed E-state index contributed by atoms with van der Waals surface area (Å²) in [5.41, 5.74) is 3.98. The topological polar surface area (TPSA) is 60.7 Å². The normalized spacial score (nSPS) is 14.4. The van der Waals surface area contributed by atoms with Crippen LogP contribution in [-0.4, -0.2) is 27.5 Å². The van der Waals surface area contributed by atoms with Crippen LogP contribution in [0.3, 0.4) is 0 Å². The van der Waals surface area contributed by atoms with Crippen LogP contribution < -0.4 is 0 Å². The van der Waals surface area contributed by atoms with Crippen molar-refractivity contribution in [3.8, 4) is 11.1 Å². The molecule has 0 aliphatic heterocycles. The van der Waals surface area contributed by atoms with Gasteiger partial charge in [-0.15, -0.1) is 6.58 Å². The van der Waals surface area contributed by atoms with E-state index in [0.29, 0.717) is 12.8 Å². The zero-order chi connectivity index (χ0) is 20.4. The smallest absolute Gasteiger partial charge is 0.0969 e. The van der Waals surface area contributed by atoms with Crippen LogP contribution in [0.15, 0.2) is 61.2 Å². The molecule has 0 saturated heterocycles. The van der Waals surface area contributed by atoms with Crippen LogP contribution in [0, 0.1) is 0 Å². The Labute approximate surface area is 169 Å². The van der Waals surface area contributed by atoms with Crippen molar-refractivity contribution in [2.24, 2.45) is 0 Å². The minimum atomic E-state index is -0.725. The monoisotopic (exact) mass is 382 g/mol. The third kappa shape index (κ3) is 6.90. The van der Waals surface area contributed by atoms with Crippen molar-refractivity contribution in [2.45, 2.75) is 70.2 Å². The zero-order valence-electron chi connectivity index (χ0n) is 16.9. The summed E-state index contributed by atoms with van der Waals surface area (Å²) < 4.78 is 0. The maximum Gasteiger partial charge on any atom is 0.0969 e. The summed E-state index contributed by atoms with van der Waals surface area (Å²) in [4.78, 5) is 0. The molecule has 0 amide bonds. The standard InChI is InChI=1S/C25H34O3/c1-3-5-6-7-8-9-24(27)25(28)18-19-10-12-20(13-11-19)21-14-16-22(17-15-21)23(26)4-2/h4,10-17,23-28H,2-3,5-9,18H2,1H3/t23-,24+,25+/m0/s1. The van der Waals surface area contributed by atoms with Crippen LogP contribution in [0.25, 0.3) is 11.1 Å². The van der Waals surface area contributed by atoms with Gasteiger partial charge in [-0.2, -0.15) is 0 Å². The van der Waals surface area contributed by atoms with Gasteiger partial charge in [-0.1, -0.05) is 93.6 Å². The first-order valence-corrected chi connectivity index (χ1v) is 10.4. The van der Waals surface area contributed by atoms with Gasteiger partial charge in [-0.25, -0.2) is 0 Å². The van der Waals surface area contributed by atoms with Crippen LogP contribution in [0.1, 0.15) is 62.7 Å². The van der Waals surface area contributed by atoms with Crippen molar-refractivity contribution in [1.29, 1.82) is 0 Å². The fourth-order valence-electron chi connectivity index (χ4n) is 3.37. The molecule has 0 fully saturated rings. The maximum absolute atomic E-state index is 10.3.